The summed E-state index contributed by atoms with van der Waals surface area (Å²) in [6.45, 7) is 6.18. The molecule has 0 fully saturated rings. The van der Waals surface area contributed by atoms with Crippen LogP contribution in [0.1, 0.15) is 19.4 Å². The van der Waals surface area contributed by atoms with Gasteiger partial charge in [-0.2, -0.15) is 0 Å². The van der Waals surface area contributed by atoms with Gasteiger partial charge in [0.1, 0.15) is 5.82 Å². The van der Waals surface area contributed by atoms with Crippen molar-refractivity contribution in [2.24, 2.45) is 0 Å². The first-order chi connectivity index (χ1) is 7.63. The summed E-state index contributed by atoms with van der Waals surface area (Å²) < 4.78 is 0. The number of likely N-dealkylation sites (N-methyl/N-ethyl adjacent to an activating group) is 1. The van der Waals surface area contributed by atoms with E-state index in [1.165, 1.54) is 0 Å². The molecule has 1 heterocycles. The number of hydrogen-bond acceptors (Lipinski definition) is 4. The fourth-order valence-corrected chi connectivity index (χ4v) is 1.70. The Hall–Kier alpha value is -1.13. The molecule has 0 amide bonds. The predicted molar refractivity (Wildman–Crippen MR) is 66.4 cm³/mol. The van der Waals surface area contributed by atoms with Crippen LogP contribution in [0, 0.1) is 0 Å². The summed E-state index contributed by atoms with van der Waals surface area (Å²) in [6, 6.07) is 4.00. The zero-order chi connectivity index (χ0) is 12.0. The van der Waals surface area contributed by atoms with Crippen molar-refractivity contribution in [3.8, 4) is 0 Å². The average Bonchev–Trinajstić information content (AvgIpc) is 2.20. The second kappa shape index (κ2) is 6.45. The summed E-state index contributed by atoms with van der Waals surface area (Å²) in [4.78, 5) is 6.39. The molecular formula is C12H21N3O. The van der Waals surface area contributed by atoms with E-state index in [4.69, 9.17) is 0 Å². The quantitative estimate of drug-likeness (QED) is 0.764. The number of aliphatic hydroxyl groups is 1. The maximum atomic E-state index is 9.30. The molecule has 0 saturated carbocycles. The number of hydrogen-bond donors (Lipinski definition) is 2. The average molecular weight is 223 g/mol. The van der Waals surface area contributed by atoms with E-state index in [2.05, 4.69) is 28.2 Å². The fourth-order valence-electron chi connectivity index (χ4n) is 1.70. The Morgan fingerprint density at radius 1 is 1.56 bits per heavy atom. The molecule has 0 aliphatic rings. The van der Waals surface area contributed by atoms with Gasteiger partial charge in [0.2, 0.25) is 0 Å². The van der Waals surface area contributed by atoms with E-state index in [0.29, 0.717) is 6.54 Å². The molecular weight excluding hydrogens is 202 g/mol. The molecule has 0 aromatic carbocycles. The minimum atomic E-state index is -0.302. The molecule has 0 bridgehead atoms. The third-order valence-electron chi connectivity index (χ3n) is 2.25. The molecule has 1 rings (SSSR count). The lowest BCUT2D eigenvalue weighted by atomic mass is 10.2. The van der Waals surface area contributed by atoms with Gasteiger partial charge in [-0.3, -0.25) is 4.90 Å². The number of anilines is 1. The summed E-state index contributed by atoms with van der Waals surface area (Å²) in [5, 5.41) is 12.5. The number of pyridine rings is 1. The lowest BCUT2D eigenvalue weighted by Crippen LogP contribution is -2.27. The highest BCUT2D eigenvalue weighted by atomic mass is 16.3. The Kier molecular flexibility index (Phi) is 5.22. The smallest absolute Gasteiger partial charge is 0.130 e. The van der Waals surface area contributed by atoms with Crippen LogP contribution < -0.4 is 5.32 Å². The van der Waals surface area contributed by atoms with Crippen LogP contribution in [-0.4, -0.2) is 41.2 Å². The highest BCUT2D eigenvalue weighted by molar-refractivity contribution is 5.43. The van der Waals surface area contributed by atoms with Crippen molar-refractivity contribution >= 4 is 5.82 Å². The SMILES string of the molecule is CCNc1ncccc1CN(C)CC(C)O. The van der Waals surface area contributed by atoms with Gasteiger partial charge in [0, 0.05) is 31.4 Å². The fraction of sp³-hybridized carbons (Fsp3) is 0.583. The highest BCUT2D eigenvalue weighted by Crippen LogP contribution is 2.13. The van der Waals surface area contributed by atoms with E-state index >= 15 is 0 Å². The zero-order valence-electron chi connectivity index (χ0n) is 10.3. The first kappa shape index (κ1) is 12.9. The second-order valence-electron chi connectivity index (χ2n) is 4.09. The summed E-state index contributed by atoms with van der Waals surface area (Å²) in [6.07, 6.45) is 1.49. The molecule has 0 radical (unpaired) electrons. The maximum absolute atomic E-state index is 9.30. The topological polar surface area (TPSA) is 48.4 Å². The van der Waals surface area contributed by atoms with Crippen molar-refractivity contribution in [3.63, 3.8) is 0 Å². The van der Waals surface area contributed by atoms with Gasteiger partial charge < -0.3 is 10.4 Å². The van der Waals surface area contributed by atoms with E-state index in [0.717, 1.165) is 24.5 Å². The van der Waals surface area contributed by atoms with Crippen molar-refractivity contribution in [1.82, 2.24) is 9.88 Å². The zero-order valence-corrected chi connectivity index (χ0v) is 10.3. The predicted octanol–water partition coefficient (Wildman–Crippen LogP) is 1.33. The number of aliphatic hydroxyl groups excluding tert-OH is 1. The lowest BCUT2D eigenvalue weighted by Gasteiger charge is -2.19. The van der Waals surface area contributed by atoms with Gasteiger partial charge in [-0.1, -0.05) is 6.07 Å². The Morgan fingerprint density at radius 2 is 2.31 bits per heavy atom. The minimum absolute atomic E-state index is 0.302. The van der Waals surface area contributed by atoms with E-state index in [9.17, 15) is 5.11 Å². The van der Waals surface area contributed by atoms with Crippen LogP contribution in [0.4, 0.5) is 5.82 Å². The Balaban J connectivity index is 2.64. The van der Waals surface area contributed by atoms with Gasteiger partial charge in [-0.15, -0.1) is 0 Å². The van der Waals surface area contributed by atoms with E-state index in [1.54, 1.807) is 13.1 Å². The standard InChI is InChI=1S/C12H21N3O/c1-4-13-12-11(6-5-7-14-12)9-15(3)8-10(2)16/h5-7,10,16H,4,8-9H2,1-3H3,(H,13,14). The molecule has 0 aliphatic heterocycles. The van der Waals surface area contributed by atoms with Crippen LogP contribution >= 0.6 is 0 Å². The normalized spacial score (nSPS) is 12.8. The number of nitrogens with zero attached hydrogens (tertiary/aromatic N) is 2. The Morgan fingerprint density at radius 3 is 2.94 bits per heavy atom. The Bertz CT molecular complexity index is 315. The van der Waals surface area contributed by atoms with Crippen molar-refractivity contribution in [2.45, 2.75) is 26.5 Å². The van der Waals surface area contributed by atoms with Crippen molar-refractivity contribution < 1.29 is 5.11 Å². The maximum Gasteiger partial charge on any atom is 0.130 e. The molecule has 1 aromatic rings. The Labute approximate surface area is 97.3 Å². The van der Waals surface area contributed by atoms with Gasteiger partial charge in [0.15, 0.2) is 0 Å². The van der Waals surface area contributed by atoms with Crippen molar-refractivity contribution in [3.05, 3.63) is 23.9 Å². The summed E-state index contributed by atoms with van der Waals surface area (Å²) in [7, 11) is 2.00. The van der Waals surface area contributed by atoms with Crippen molar-refractivity contribution in [2.75, 3.05) is 25.5 Å². The molecule has 1 unspecified atom stereocenters. The lowest BCUT2D eigenvalue weighted by molar-refractivity contribution is 0.138. The summed E-state index contributed by atoms with van der Waals surface area (Å²) >= 11 is 0. The number of nitrogens with one attached hydrogen (secondary N) is 1. The monoisotopic (exact) mass is 223 g/mol. The third kappa shape index (κ3) is 4.16. The van der Waals surface area contributed by atoms with Gasteiger partial charge in [-0.25, -0.2) is 4.98 Å². The molecule has 2 N–H and O–H groups in total. The molecule has 16 heavy (non-hydrogen) atoms. The molecule has 4 heteroatoms. The molecule has 1 aromatic heterocycles. The molecule has 90 valence electrons. The van der Waals surface area contributed by atoms with Crippen LogP contribution in [0.5, 0.6) is 0 Å². The molecule has 0 spiro atoms. The van der Waals surface area contributed by atoms with Crippen LogP contribution in [0.25, 0.3) is 0 Å². The molecule has 0 saturated heterocycles. The number of aromatic nitrogens is 1. The van der Waals surface area contributed by atoms with Gasteiger partial charge in [0.25, 0.3) is 0 Å². The van der Waals surface area contributed by atoms with E-state index in [1.807, 2.05) is 13.1 Å². The highest BCUT2D eigenvalue weighted by Gasteiger charge is 2.07. The largest absolute Gasteiger partial charge is 0.392 e. The van der Waals surface area contributed by atoms with E-state index in [-0.39, 0.29) is 6.10 Å². The third-order valence-corrected chi connectivity index (χ3v) is 2.25. The van der Waals surface area contributed by atoms with Gasteiger partial charge >= 0.3 is 0 Å². The second-order valence-corrected chi connectivity index (χ2v) is 4.09. The van der Waals surface area contributed by atoms with E-state index < -0.39 is 0 Å². The van der Waals surface area contributed by atoms with Crippen LogP contribution in [0.3, 0.4) is 0 Å². The van der Waals surface area contributed by atoms with Crippen LogP contribution in [-0.2, 0) is 6.54 Å². The minimum Gasteiger partial charge on any atom is -0.392 e. The van der Waals surface area contributed by atoms with Crippen LogP contribution in [0.15, 0.2) is 18.3 Å². The molecule has 0 aliphatic carbocycles. The van der Waals surface area contributed by atoms with Gasteiger partial charge in [-0.05, 0) is 27.0 Å². The summed E-state index contributed by atoms with van der Waals surface area (Å²) in [5.41, 5.74) is 1.16. The number of rotatable bonds is 6. The summed E-state index contributed by atoms with van der Waals surface area (Å²) in [5.74, 6) is 0.933. The van der Waals surface area contributed by atoms with Gasteiger partial charge in [0.05, 0.1) is 6.10 Å². The molecule has 1 atom stereocenters. The first-order valence-electron chi connectivity index (χ1n) is 5.67. The first-order valence-corrected chi connectivity index (χ1v) is 5.67. The molecule has 4 nitrogen and oxygen atoms in total. The van der Waals surface area contributed by atoms with Crippen molar-refractivity contribution in [1.29, 1.82) is 0 Å². The van der Waals surface area contributed by atoms with Crippen LogP contribution in [0.2, 0.25) is 0 Å².